The van der Waals surface area contributed by atoms with Crippen molar-refractivity contribution in [3.63, 3.8) is 0 Å². The van der Waals surface area contributed by atoms with Gasteiger partial charge in [0.25, 0.3) is 0 Å². The van der Waals surface area contributed by atoms with Crippen LogP contribution >= 0.6 is 0 Å². The molecule has 0 radical (unpaired) electrons. The molecule has 158 valence electrons. The number of benzene rings is 2. The number of nitrogens with zero attached hydrogens (tertiary/aromatic N) is 1. The van der Waals surface area contributed by atoms with Crippen LogP contribution in [-0.4, -0.2) is 41.6 Å². The van der Waals surface area contributed by atoms with Crippen LogP contribution in [0.2, 0.25) is 0 Å². The van der Waals surface area contributed by atoms with Crippen molar-refractivity contribution in [2.24, 2.45) is 0 Å². The van der Waals surface area contributed by atoms with E-state index in [1.54, 1.807) is 13.4 Å². The number of aryl methyl sites for hydroxylation is 2. The predicted molar refractivity (Wildman–Crippen MR) is 120 cm³/mol. The molecule has 2 aromatic carbocycles. The summed E-state index contributed by atoms with van der Waals surface area (Å²) in [6, 6.07) is 16.0. The molecule has 0 aliphatic carbocycles. The molecule has 2 heterocycles. The number of hydrogen-bond acceptors (Lipinski definition) is 5. The van der Waals surface area contributed by atoms with Crippen LogP contribution in [0.15, 0.2) is 57.8 Å². The van der Waals surface area contributed by atoms with Crippen LogP contribution in [-0.2, 0) is 22.3 Å². The lowest BCUT2D eigenvalue weighted by molar-refractivity contribution is 0.000287. The van der Waals surface area contributed by atoms with Crippen LogP contribution in [0.3, 0.4) is 0 Å². The number of methoxy groups -OCH3 is 1. The fourth-order valence-electron chi connectivity index (χ4n) is 3.98. The number of aromatic nitrogens is 1. The van der Waals surface area contributed by atoms with Crippen LogP contribution in [0.1, 0.15) is 24.3 Å². The van der Waals surface area contributed by atoms with Crippen molar-refractivity contribution in [1.82, 2.24) is 10.3 Å². The highest BCUT2D eigenvalue weighted by molar-refractivity contribution is 7.90. The van der Waals surface area contributed by atoms with E-state index < -0.39 is 11.2 Å². The zero-order valence-corrected chi connectivity index (χ0v) is 18.6. The summed E-state index contributed by atoms with van der Waals surface area (Å²) in [7, 11) is 1.80. The van der Waals surface area contributed by atoms with Crippen molar-refractivity contribution in [2.75, 3.05) is 26.5 Å². The molecule has 4 rings (SSSR count). The summed E-state index contributed by atoms with van der Waals surface area (Å²) in [5.41, 5.74) is 4.07. The van der Waals surface area contributed by atoms with E-state index in [9.17, 15) is 4.55 Å². The Balaban J connectivity index is 1.47. The second-order valence-corrected chi connectivity index (χ2v) is 9.27. The SMILES string of the molecule is COC1(CCc2nc(-c3ccc(-c4ccc([S+](C)[O-])cc4)cc3)oc2C)CCNC1. The summed E-state index contributed by atoms with van der Waals surface area (Å²) >= 11 is -0.961. The molecular formula is C24H28N2O3S. The van der Waals surface area contributed by atoms with Crippen LogP contribution in [0, 0.1) is 6.92 Å². The first kappa shape index (κ1) is 21.1. The summed E-state index contributed by atoms with van der Waals surface area (Å²) in [6.45, 7) is 3.87. The first-order valence-corrected chi connectivity index (χ1v) is 11.8. The average molecular weight is 425 g/mol. The molecule has 1 saturated heterocycles. The van der Waals surface area contributed by atoms with Gasteiger partial charge >= 0.3 is 0 Å². The minimum atomic E-state index is -0.961. The number of nitrogens with one attached hydrogen (secondary N) is 1. The van der Waals surface area contributed by atoms with E-state index in [1.807, 2.05) is 43.3 Å². The Hall–Kier alpha value is -2.12. The lowest BCUT2D eigenvalue weighted by atomic mass is 9.95. The van der Waals surface area contributed by atoms with Gasteiger partial charge in [0.15, 0.2) is 4.90 Å². The third-order valence-electron chi connectivity index (χ3n) is 6.00. The van der Waals surface area contributed by atoms with Crippen molar-refractivity contribution in [3.8, 4) is 22.6 Å². The van der Waals surface area contributed by atoms with Gasteiger partial charge in [0.1, 0.15) is 12.0 Å². The predicted octanol–water partition coefficient (Wildman–Crippen LogP) is 4.37. The number of ether oxygens (including phenoxy) is 1. The maximum atomic E-state index is 11.6. The molecule has 1 aliphatic heterocycles. The standard InChI is InChI=1S/C24H28N2O3S/c1-17-22(12-13-24(28-2)14-15-25-16-24)26-23(29-17)20-6-4-18(5-7-20)19-8-10-21(11-9-19)30(3)27/h4-11,25H,12-16H2,1-3H3. The quantitative estimate of drug-likeness (QED) is 0.571. The van der Waals surface area contributed by atoms with Gasteiger partial charge in [-0.15, -0.1) is 0 Å². The average Bonchev–Trinajstić information content (AvgIpc) is 3.39. The largest absolute Gasteiger partial charge is 0.612 e. The monoisotopic (exact) mass is 424 g/mol. The molecule has 1 N–H and O–H groups in total. The van der Waals surface area contributed by atoms with E-state index in [0.717, 1.165) is 65.4 Å². The van der Waals surface area contributed by atoms with Crippen molar-refractivity contribution >= 4 is 11.2 Å². The zero-order chi connectivity index (χ0) is 21.1. The minimum absolute atomic E-state index is 0.0901. The smallest absolute Gasteiger partial charge is 0.226 e. The summed E-state index contributed by atoms with van der Waals surface area (Å²) in [4.78, 5) is 5.60. The van der Waals surface area contributed by atoms with Gasteiger partial charge in [-0.1, -0.05) is 12.1 Å². The Morgan fingerprint density at radius 3 is 2.30 bits per heavy atom. The van der Waals surface area contributed by atoms with Gasteiger partial charge in [-0.05, 0) is 91.4 Å². The summed E-state index contributed by atoms with van der Waals surface area (Å²) in [5, 5.41) is 3.39. The van der Waals surface area contributed by atoms with Gasteiger partial charge in [-0.25, -0.2) is 4.98 Å². The molecule has 1 fully saturated rings. The lowest BCUT2D eigenvalue weighted by Gasteiger charge is -2.26. The molecule has 1 aliphatic rings. The van der Waals surface area contributed by atoms with Gasteiger partial charge in [0.05, 0.1) is 11.3 Å². The summed E-state index contributed by atoms with van der Waals surface area (Å²) in [6.07, 6.45) is 4.49. The Morgan fingerprint density at radius 2 is 1.73 bits per heavy atom. The zero-order valence-electron chi connectivity index (χ0n) is 17.7. The second kappa shape index (κ2) is 8.94. The Kier molecular flexibility index (Phi) is 6.29. The van der Waals surface area contributed by atoms with Gasteiger partial charge in [-0.2, -0.15) is 0 Å². The van der Waals surface area contributed by atoms with Crippen LogP contribution in [0.5, 0.6) is 0 Å². The van der Waals surface area contributed by atoms with E-state index >= 15 is 0 Å². The maximum Gasteiger partial charge on any atom is 0.226 e. The fourth-order valence-corrected chi connectivity index (χ4v) is 4.50. The Labute approximate surface area is 181 Å². The molecular weight excluding hydrogens is 396 g/mol. The highest BCUT2D eigenvalue weighted by Gasteiger charge is 2.33. The third-order valence-corrected chi connectivity index (χ3v) is 6.94. The molecule has 2 atom stereocenters. The van der Waals surface area contributed by atoms with E-state index in [1.165, 1.54) is 0 Å². The summed E-state index contributed by atoms with van der Waals surface area (Å²) < 4.78 is 23.3. The molecule has 6 heteroatoms. The van der Waals surface area contributed by atoms with Crippen LogP contribution in [0.25, 0.3) is 22.6 Å². The first-order chi connectivity index (χ1) is 14.5. The molecule has 0 saturated carbocycles. The lowest BCUT2D eigenvalue weighted by Crippen LogP contribution is -2.34. The highest BCUT2D eigenvalue weighted by atomic mass is 32.2. The second-order valence-electron chi connectivity index (χ2n) is 7.89. The Morgan fingerprint density at radius 1 is 1.10 bits per heavy atom. The van der Waals surface area contributed by atoms with Crippen molar-refractivity contribution in [1.29, 1.82) is 0 Å². The molecule has 3 aromatic rings. The summed E-state index contributed by atoms with van der Waals surface area (Å²) in [5.74, 6) is 1.52. The molecule has 0 bridgehead atoms. The normalized spacial score (nSPS) is 19.9. The molecule has 1 aromatic heterocycles. The van der Waals surface area contributed by atoms with Crippen molar-refractivity contribution in [2.45, 2.75) is 36.7 Å². The van der Waals surface area contributed by atoms with Gasteiger partial charge in [-0.3, -0.25) is 0 Å². The number of rotatable bonds is 7. The number of oxazole rings is 1. The fraction of sp³-hybridized carbons (Fsp3) is 0.375. The molecule has 0 amide bonds. The van der Waals surface area contributed by atoms with Crippen molar-refractivity contribution < 1.29 is 13.7 Å². The highest BCUT2D eigenvalue weighted by Crippen LogP contribution is 2.29. The van der Waals surface area contributed by atoms with Crippen LogP contribution < -0.4 is 5.32 Å². The van der Waals surface area contributed by atoms with Gasteiger partial charge in [0.2, 0.25) is 5.89 Å². The number of hydrogen-bond donors (Lipinski definition) is 1. The molecule has 5 nitrogen and oxygen atoms in total. The van der Waals surface area contributed by atoms with E-state index in [2.05, 4.69) is 17.4 Å². The van der Waals surface area contributed by atoms with Gasteiger partial charge in [0, 0.05) is 19.2 Å². The van der Waals surface area contributed by atoms with E-state index in [-0.39, 0.29) is 5.60 Å². The first-order valence-electron chi connectivity index (χ1n) is 10.3. The molecule has 2 unspecified atom stereocenters. The van der Waals surface area contributed by atoms with Gasteiger partial charge < -0.3 is 19.0 Å². The van der Waals surface area contributed by atoms with Crippen LogP contribution in [0.4, 0.5) is 0 Å². The minimum Gasteiger partial charge on any atom is -0.612 e. The van der Waals surface area contributed by atoms with E-state index in [0.29, 0.717) is 5.89 Å². The topological polar surface area (TPSA) is 70.3 Å². The molecule has 0 spiro atoms. The third kappa shape index (κ3) is 4.47. The van der Waals surface area contributed by atoms with Crippen molar-refractivity contribution in [3.05, 3.63) is 60.0 Å². The van der Waals surface area contributed by atoms with E-state index in [4.69, 9.17) is 14.1 Å². The molecule has 30 heavy (non-hydrogen) atoms. The maximum absolute atomic E-state index is 11.6. The Bertz CT molecular complexity index is 975.